The van der Waals surface area contributed by atoms with Crippen molar-refractivity contribution in [3.8, 4) is 0 Å². The van der Waals surface area contributed by atoms with Crippen molar-refractivity contribution in [2.45, 2.75) is 26.8 Å². The average molecular weight is 254 g/mol. The topological polar surface area (TPSA) is 29.3 Å². The highest BCUT2D eigenvalue weighted by Gasteiger charge is 2.03. The Bertz CT molecular complexity index is 544. The molecule has 0 amide bonds. The number of hydrogen-bond acceptors (Lipinski definition) is 2. The van der Waals surface area contributed by atoms with E-state index in [0.717, 1.165) is 24.2 Å². The molecule has 2 heteroatoms. The van der Waals surface area contributed by atoms with Crippen molar-refractivity contribution in [3.63, 3.8) is 0 Å². The summed E-state index contributed by atoms with van der Waals surface area (Å²) in [5.74, 6) is 0. The fraction of sp³-hybridized carbons (Fsp3) is 0.294. The highest BCUT2D eigenvalue weighted by molar-refractivity contribution is 5.50. The zero-order chi connectivity index (χ0) is 13.8. The van der Waals surface area contributed by atoms with E-state index in [0.29, 0.717) is 0 Å². The summed E-state index contributed by atoms with van der Waals surface area (Å²) in [5.41, 5.74) is 11.8. The van der Waals surface area contributed by atoms with Crippen molar-refractivity contribution in [3.05, 3.63) is 59.2 Å². The molecule has 2 nitrogen and oxygen atoms in total. The molecule has 0 heterocycles. The Kier molecular flexibility index (Phi) is 4.10. The van der Waals surface area contributed by atoms with Crippen LogP contribution in [0.1, 0.15) is 23.6 Å². The average Bonchev–Trinajstić information content (AvgIpc) is 2.43. The van der Waals surface area contributed by atoms with Crippen molar-refractivity contribution in [2.24, 2.45) is 0 Å². The Morgan fingerprint density at radius 2 is 1.63 bits per heavy atom. The first-order valence-corrected chi connectivity index (χ1v) is 6.75. The van der Waals surface area contributed by atoms with Crippen LogP contribution < -0.4 is 10.6 Å². The summed E-state index contributed by atoms with van der Waals surface area (Å²) < 4.78 is 0. The fourth-order valence-electron chi connectivity index (χ4n) is 2.19. The maximum Gasteiger partial charge on any atom is 0.0426 e. The van der Waals surface area contributed by atoms with Gasteiger partial charge in [0.1, 0.15) is 0 Å². The molecular formula is C17H22N2. The number of anilines is 2. The minimum Gasteiger partial charge on any atom is -0.399 e. The van der Waals surface area contributed by atoms with E-state index < -0.39 is 0 Å². The van der Waals surface area contributed by atoms with Crippen molar-refractivity contribution in [1.29, 1.82) is 0 Å². The zero-order valence-corrected chi connectivity index (χ0v) is 12.0. The molecule has 0 saturated carbocycles. The third kappa shape index (κ3) is 3.28. The Balaban J connectivity index is 2.10. The summed E-state index contributed by atoms with van der Waals surface area (Å²) in [5, 5.41) is 0. The van der Waals surface area contributed by atoms with Gasteiger partial charge in [0, 0.05) is 25.0 Å². The second-order valence-electron chi connectivity index (χ2n) is 5.07. The van der Waals surface area contributed by atoms with Crippen molar-refractivity contribution < 1.29 is 0 Å². The summed E-state index contributed by atoms with van der Waals surface area (Å²) in [6, 6.07) is 15.0. The fourth-order valence-corrected chi connectivity index (χ4v) is 2.19. The SMILES string of the molecule is CCc1ccc(N(C)Cc2ccc(N)c(C)c2)cc1. The summed E-state index contributed by atoms with van der Waals surface area (Å²) in [7, 11) is 2.12. The van der Waals surface area contributed by atoms with Crippen molar-refractivity contribution in [1.82, 2.24) is 0 Å². The standard InChI is InChI=1S/C17H22N2/c1-4-14-5-8-16(9-6-14)19(3)12-15-7-10-17(18)13(2)11-15/h5-11H,4,12,18H2,1-3H3. The quantitative estimate of drug-likeness (QED) is 0.841. The van der Waals surface area contributed by atoms with Gasteiger partial charge < -0.3 is 10.6 Å². The van der Waals surface area contributed by atoms with Gasteiger partial charge in [-0.3, -0.25) is 0 Å². The van der Waals surface area contributed by atoms with Crippen LogP contribution in [0.3, 0.4) is 0 Å². The van der Waals surface area contributed by atoms with E-state index in [1.807, 2.05) is 6.07 Å². The molecule has 0 fully saturated rings. The second-order valence-corrected chi connectivity index (χ2v) is 5.07. The van der Waals surface area contributed by atoms with Gasteiger partial charge >= 0.3 is 0 Å². The first-order valence-electron chi connectivity index (χ1n) is 6.75. The highest BCUT2D eigenvalue weighted by Crippen LogP contribution is 2.19. The molecular weight excluding hydrogens is 232 g/mol. The summed E-state index contributed by atoms with van der Waals surface area (Å²) in [4.78, 5) is 2.25. The molecule has 0 spiro atoms. The lowest BCUT2D eigenvalue weighted by Gasteiger charge is -2.20. The van der Waals surface area contributed by atoms with Crippen LogP contribution in [-0.4, -0.2) is 7.05 Å². The molecule has 2 aromatic carbocycles. The molecule has 2 rings (SSSR count). The third-order valence-corrected chi connectivity index (χ3v) is 3.54. The van der Waals surface area contributed by atoms with Gasteiger partial charge in [-0.15, -0.1) is 0 Å². The Morgan fingerprint density at radius 1 is 1.00 bits per heavy atom. The first kappa shape index (κ1) is 13.5. The molecule has 2 N–H and O–H groups in total. The maximum absolute atomic E-state index is 5.85. The molecule has 0 aliphatic rings. The molecule has 0 bridgehead atoms. The van der Waals surface area contributed by atoms with Crippen LogP contribution in [0.25, 0.3) is 0 Å². The van der Waals surface area contributed by atoms with E-state index >= 15 is 0 Å². The number of benzene rings is 2. The van der Waals surface area contributed by atoms with E-state index in [9.17, 15) is 0 Å². The van der Waals surface area contributed by atoms with Crippen LogP contribution in [0, 0.1) is 6.92 Å². The van der Waals surface area contributed by atoms with E-state index in [1.54, 1.807) is 0 Å². The van der Waals surface area contributed by atoms with Crippen molar-refractivity contribution in [2.75, 3.05) is 17.7 Å². The largest absolute Gasteiger partial charge is 0.399 e. The van der Waals surface area contributed by atoms with Gasteiger partial charge in [0.15, 0.2) is 0 Å². The first-order chi connectivity index (χ1) is 9.10. The summed E-state index contributed by atoms with van der Waals surface area (Å²) in [6.07, 6.45) is 1.08. The molecule has 0 saturated heterocycles. The lowest BCUT2D eigenvalue weighted by Crippen LogP contribution is -2.16. The minimum absolute atomic E-state index is 0.860. The van der Waals surface area contributed by atoms with Gasteiger partial charge in [-0.1, -0.05) is 31.2 Å². The third-order valence-electron chi connectivity index (χ3n) is 3.54. The molecule has 0 atom stereocenters. The van der Waals surface area contributed by atoms with Gasteiger partial charge in [0.2, 0.25) is 0 Å². The van der Waals surface area contributed by atoms with E-state index in [2.05, 4.69) is 62.2 Å². The van der Waals surface area contributed by atoms with Gasteiger partial charge in [0.25, 0.3) is 0 Å². The van der Waals surface area contributed by atoms with Crippen LogP contribution >= 0.6 is 0 Å². The number of hydrogen-bond donors (Lipinski definition) is 1. The minimum atomic E-state index is 0.860. The number of nitrogen functional groups attached to an aromatic ring is 1. The number of nitrogens with zero attached hydrogens (tertiary/aromatic N) is 1. The van der Waals surface area contributed by atoms with E-state index in [4.69, 9.17) is 5.73 Å². The molecule has 0 aromatic heterocycles. The molecule has 0 radical (unpaired) electrons. The van der Waals surface area contributed by atoms with Crippen LogP contribution in [0.2, 0.25) is 0 Å². The maximum atomic E-state index is 5.85. The smallest absolute Gasteiger partial charge is 0.0426 e. The monoisotopic (exact) mass is 254 g/mol. The number of rotatable bonds is 4. The zero-order valence-electron chi connectivity index (χ0n) is 12.0. The Labute approximate surface area is 115 Å². The van der Waals surface area contributed by atoms with Crippen molar-refractivity contribution >= 4 is 11.4 Å². The molecule has 19 heavy (non-hydrogen) atoms. The molecule has 100 valence electrons. The van der Waals surface area contributed by atoms with Crippen LogP contribution in [-0.2, 0) is 13.0 Å². The predicted molar refractivity (Wildman–Crippen MR) is 83.5 cm³/mol. The summed E-state index contributed by atoms with van der Waals surface area (Å²) >= 11 is 0. The lowest BCUT2D eigenvalue weighted by molar-refractivity contribution is 0.920. The van der Waals surface area contributed by atoms with E-state index in [-0.39, 0.29) is 0 Å². The normalized spacial score (nSPS) is 10.5. The summed E-state index contributed by atoms with van der Waals surface area (Å²) in [6.45, 7) is 5.12. The van der Waals surface area contributed by atoms with Gasteiger partial charge in [0.05, 0.1) is 0 Å². The Morgan fingerprint density at radius 3 is 2.21 bits per heavy atom. The van der Waals surface area contributed by atoms with E-state index in [1.165, 1.54) is 16.8 Å². The molecule has 0 unspecified atom stereocenters. The molecule has 0 aliphatic heterocycles. The van der Waals surface area contributed by atoms with Gasteiger partial charge in [-0.2, -0.15) is 0 Å². The predicted octanol–water partition coefficient (Wildman–Crippen LogP) is 3.78. The lowest BCUT2D eigenvalue weighted by atomic mass is 10.1. The highest BCUT2D eigenvalue weighted by atomic mass is 15.1. The number of aryl methyl sites for hydroxylation is 2. The Hall–Kier alpha value is -1.96. The molecule has 2 aromatic rings. The second kappa shape index (κ2) is 5.79. The van der Waals surface area contributed by atoms with Crippen LogP contribution in [0.5, 0.6) is 0 Å². The van der Waals surface area contributed by atoms with Crippen LogP contribution in [0.4, 0.5) is 11.4 Å². The van der Waals surface area contributed by atoms with Crippen LogP contribution in [0.15, 0.2) is 42.5 Å². The molecule has 0 aliphatic carbocycles. The van der Waals surface area contributed by atoms with Gasteiger partial charge in [-0.25, -0.2) is 0 Å². The number of nitrogens with two attached hydrogens (primary N) is 1. The van der Waals surface area contributed by atoms with Gasteiger partial charge in [-0.05, 0) is 48.2 Å².